The summed E-state index contributed by atoms with van der Waals surface area (Å²) in [5.41, 5.74) is 0.994. The molecular weight excluding hydrogens is 449 g/mol. The van der Waals surface area contributed by atoms with Gasteiger partial charge in [0.1, 0.15) is 23.5 Å². The number of H-pyrrole nitrogens is 1. The second-order valence-electron chi connectivity index (χ2n) is 7.33. The maximum Gasteiger partial charge on any atom is 0.291 e. The summed E-state index contributed by atoms with van der Waals surface area (Å²) >= 11 is 1.36. The van der Waals surface area contributed by atoms with Gasteiger partial charge in [0, 0.05) is 43.3 Å². The molecule has 0 saturated heterocycles. The highest BCUT2D eigenvalue weighted by Gasteiger charge is 2.31. The molecule has 3 N–H and O–H groups in total. The summed E-state index contributed by atoms with van der Waals surface area (Å²) in [5, 5.41) is 11.8. The van der Waals surface area contributed by atoms with Crippen molar-refractivity contribution in [1.82, 2.24) is 25.5 Å². The van der Waals surface area contributed by atoms with E-state index in [9.17, 15) is 18.8 Å². The van der Waals surface area contributed by atoms with Gasteiger partial charge < -0.3 is 15.5 Å². The number of nitrogens with one attached hydrogen (secondary N) is 3. The Kier molecular flexibility index (Phi) is 6.36. The molecule has 3 heterocycles. The molecule has 0 fully saturated rings. The summed E-state index contributed by atoms with van der Waals surface area (Å²) in [6.45, 7) is 1.37. The van der Waals surface area contributed by atoms with Crippen molar-refractivity contribution in [3.8, 4) is 0 Å². The van der Waals surface area contributed by atoms with Gasteiger partial charge in [-0.3, -0.25) is 19.5 Å². The number of amides is 3. The zero-order chi connectivity index (χ0) is 23.5. The van der Waals surface area contributed by atoms with Crippen LogP contribution in [0.3, 0.4) is 0 Å². The number of nitrogens with zero attached hydrogens (tertiary/aromatic N) is 4. The number of pyridine rings is 1. The van der Waals surface area contributed by atoms with Crippen LogP contribution in [0.15, 0.2) is 41.4 Å². The number of rotatable bonds is 5. The molecule has 10 nitrogen and oxygen atoms in total. The Morgan fingerprint density at radius 3 is 2.88 bits per heavy atom. The van der Waals surface area contributed by atoms with Gasteiger partial charge in [-0.2, -0.15) is 0 Å². The molecule has 1 atom stereocenters. The van der Waals surface area contributed by atoms with Crippen molar-refractivity contribution in [3.05, 3.63) is 59.6 Å². The Balaban J connectivity index is 1.45. The average Bonchev–Trinajstić information content (AvgIpc) is 3.22. The van der Waals surface area contributed by atoms with E-state index >= 15 is 0 Å². The summed E-state index contributed by atoms with van der Waals surface area (Å²) in [6, 6.07) is 7.04. The lowest BCUT2D eigenvalue weighted by molar-refractivity contribution is -0.119. The second-order valence-corrected chi connectivity index (χ2v) is 8.39. The van der Waals surface area contributed by atoms with E-state index in [1.165, 1.54) is 29.7 Å². The molecule has 3 amide bonds. The molecule has 0 spiro atoms. The Hall–Kier alpha value is -3.80. The number of aromatic nitrogens is 4. The first-order valence-corrected chi connectivity index (χ1v) is 10.9. The maximum atomic E-state index is 13.9. The van der Waals surface area contributed by atoms with Gasteiger partial charge >= 0.3 is 0 Å². The van der Waals surface area contributed by atoms with Crippen molar-refractivity contribution in [2.24, 2.45) is 0 Å². The maximum absolute atomic E-state index is 13.9. The lowest BCUT2D eigenvalue weighted by Gasteiger charge is -2.21. The highest BCUT2D eigenvalue weighted by atomic mass is 32.2. The standard InChI is InChI=1S/C21H20FN7O3S/c1-11(30)24-17-8-15-16(9-23-17)33-10-14(21(32)29(15)2)25-20(31)19-26-18(27-28-19)7-12-5-3-4-6-13(12)22/h3-6,8-9,14H,7,10H2,1-2H3,(H,25,31)(H,23,24,30)(H,26,27,28)/t14-/m0/s1. The fraction of sp³-hybridized carbons (Fsp3) is 0.238. The Labute approximate surface area is 192 Å². The van der Waals surface area contributed by atoms with Crippen LogP contribution in [0.5, 0.6) is 0 Å². The van der Waals surface area contributed by atoms with E-state index in [1.807, 2.05) is 0 Å². The van der Waals surface area contributed by atoms with Gasteiger partial charge in [-0.15, -0.1) is 16.9 Å². The van der Waals surface area contributed by atoms with Crippen molar-refractivity contribution in [3.63, 3.8) is 0 Å². The van der Waals surface area contributed by atoms with E-state index < -0.39 is 11.9 Å². The van der Waals surface area contributed by atoms with E-state index in [0.29, 0.717) is 22.9 Å². The molecule has 0 bridgehead atoms. The zero-order valence-electron chi connectivity index (χ0n) is 17.8. The van der Waals surface area contributed by atoms with Gasteiger partial charge in [-0.05, 0) is 11.6 Å². The molecule has 12 heteroatoms. The topological polar surface area (TPSA) is 133 Å². The van der Waals surface area contributed by atoms with Crippen LogP contribution in [0.1, 0.15) is 28.9 Å². The minimum Gasteiger partial charge on any atom is -0.337 e. The molecule has 0 aliphatic carbocycles. The van der Waals surface area contributed by atoms with Crippen LogP contribution >= 0.6 is 11.8 Å². The van der Waals surface area contributed by atoms with E-state index in [-0.39, 0.29) is 35.6 Å². The molecule has 4 rings (SSSR count). The molecule has 33 heavy (non-hydrogen) atoms. The molecule has 0 saturated carbocycles. The Morgan fingerprint density at radius 2 is 2.12 bits per heavy atom. The van der Waals surface area contributed by atoms with Crippen LogP contribution in [0.4, 0.5) is 15.9 Å². The third-order valence-electron chi connectivity index (χ3n) is 4.90. The Morgan fingerprint density at radius 1 is 1.33 bits per heavy atom. The number of hydrogen-bond acceptors (Lipinski definition) is 7. The number of fused-ring (bicyclic) bond motifs is 1. The van der Waals surface area contributed by atoms with Crippen LogP contribution in [0, 0.1) is 5.82 Å². The SMILES string of the molecule is CC(=O)Nc1cc2c(cn1)SC[C@H](NC(=O)c1n[nH]c(Cc3ccccc3F)n1)C(=O)N2C. The van der Waals surface area contributed by atoms with Crippen molar-refractivity contribution in [2.45, 2.75) is 24.3 Å². The van der Waals surface area contributed by atoms with Gasteiger partial charge in [0.15, 0.2) is 0 Å². The third kappa shape index (κ3) is 5.00. The summed E-state index contributed by atoms with van der Waals surface area (Å²) in [7, 11) is 1.59. The van der Waals surface area contributed by atoms with Gasteiger partial charge in [0.05, 0.1) is 5.69 Å². The number of thioether (sulfide) groups is 1. The van der Waals surface area contributed by atoms with E-state index in [4.69, 9.17) is 0 Å². The normalized spacial score (nSPS) is 15.5. The quantitative estimate of drug-likeness (QED) is 0.519. The van der Waals surface area contributed by atoms with Crippen LogP contribution in [-0.4, -0.2) is 56.7 Å². The number of anilines is 2. The lowest BCUT2D eigenvalue weighted by Crippen LogP contribution is -2.48. The van der Waals surface area contributed by atoms with Crippen LogP contribution in [0.2, 0.25) is 0 Å². The van der Waals surface area contributed by atoms with Crippen LogP contribution < -0.4 is 15.5 Å². The van der Waals surface area contributed by atoms with Gasteiger partial charge in [-0.1, -0.05) is 18.2 Å². The third-order valence-corrected chi connectivity index (χ3v) is 6.03. The number of benzene rings is 1. The molecule has 1 aliphatic heterocycles. The number of likely N-dealkylation sites (N-methyl/N-ethyl adjacent to an activating group) is 1. The first-order chi connectivity index (χ1) is 15.8. The van der Waals surface area contributed by atoms with E-state index in [2.05, 4.69) is 30.8 Å². The van der Waals surface area contributed by atoms with Crippen LogP contribution in [0.25, 0.3) is 0 Å². The Bertz CT molecular complexity index is 1230. The van der Waals surface area contributed by atoms with Crippen molar-refractivity contribution in [2.75, 3.05) is 23.0 Å². The number of aromatic amines is 1. The predicted octanol–water partition coefficient (Wildman–Crippen LogP) is 1.76. The first kappa shape index (κ1) is 22.4. The number of carbonyl (C=O) groups is 3. The molecule has 0 unspecified atom stereocenters. The summed E-state index contributed by atoms with van der Waals surface area (Å²) in [4.78, 5) is 47.4. The first-order valence-electron chi connectivity index (χ1n) is 9.95. The lowest BCUT2D eigenvalue weighted by atomic mass is 10.1. The van der Waals surface area contributed by atoms with Crippen molar-refractivity contribution in [1.29, 1.82) is 0 Å². The minimum atomic E-state index is -0.836. The molecule has 2 aromatic heterocycles. The van der Waals surface area contributed by atoms with Crippen LogP contribution in [-0.2, 0) is 16.0 Å². The molecule has 1 aliphatic rings. The van der Waals surface area contributed by atoms with Crippen molar-refractivity contribution < 1.29 is 18.8 Å². The van der Waals surface area contributed by atoms with E-state index in [1.54, 1.807) is 37.5 Å². The van der Waals surface area contributed by atoms with Gasteiger partial charge in [0.25, 0.3) is 5.91 Å². The predicted molar refractivity (Wildman–Crippen MR) is 120 cm³/mol. The smallest absolute Gasteiger partial charge is 0.291 e. The van der Waals surface area contributed by atoms with Gasteiger partial charge in [0.2, 0.25) is 17.6 Å². The van der Waals surface area contributed by atoms with E-state index in [0.717, 1.165) is 4.90 Å². The minimum absolute atomic E-state index is 0.141. The number of carbonyl (C=O) groups excluding carboxylic acids is 3. The monoisotopic (exact) mass is 469 g/mol. The summed E-state index contributed by atoms with van der Waals surface area (Å²) < 4.78 is 13.9. The largest absolute Gasteiger partial charge is 0.337 e. The molecular formula is C21H20FN7O3S. The molecule has 170 valence electrons. The molecule has 1 aromatic carbocycles. The molecule has 3 aromatic rings. The molecule has 0 radical (unpaired) electrons. The van der Waals surface area contributed by atoms with Crippen molar-refractivity contribution >= 4 is 41.0 Å². The summed E-state index contributed by atoms with van der Waals surface area (Å²) in [6.07, 6.45) is 1.72. The second kappa shape index (κ2) is 9.36. The fourth-order valence-electron chi connectivity index (χ4n) is 3.28. The number of halogens is 1. The highest BCUT2D eigenvalue weighted by Crippen LogP contribution is 2.34. The number of hydrogen-bond donors (Lipinski definition) is 3. The fourth-order valence-corrected chi connectivity index (χ4v) is 4.32. The zero-order valence-corrected chi connectivity index (χ0v) is 18.6. The summed E-state index contributed by atoms with van der Waals surface area (Å²) in [5.74, 6) is -0.824. The van der Waals surface area contributed by atoms with Gasteiger partial charge in [-0.25, -0.2) is 14.4 Å². The highest BCUT2D eigenvalue weighted by molar-refractivity contribution is 7.99. The average molecular weight is 470 g/mol.